The molecule has 0 unspecified atom stereocenters. The molecule has 25 heavy (non-hydrogen) atoms. The quantitative estimate of drug-likeness (QED) is 0.762. The number of rotatable bonds is 5. The van der Waals surface area contributed by atoms with E-state index in [0.29, 0.717) is 22.0 Å². The van der Waals surface area contributed by atoms with Crippen LogP contribution in [0.1, 0.15) is 32.6 Å². The first-order valence-corrected chi connectivity index (χ1v) is 8.96. The molecule has 5 heteroatoms. The Hall–Kier alpha value is -2.17. The summed E-state index contributed by atoms with van der Waals surface area (Å²) in [6.45, 7) is 7.40. The van der Waals surface area contributed by atoms with Gasteiger partial charge in [0.25, 0.3) is 5.56 Å². The van der Waals surface area contributed by atoms with Gasteiger partial charge in [0.1, 0.15) is 6.04 Å². The van der Waals surface area contributed by atoms with Crippen LogP contribution in [0.5, 0.6) is 0 Å². The van der Waals surface area contributed by atoms with E-state index in [1.807, 2.05) is 42.5 Å². The molecule has 0 aliphatic heterocycles. The van der Waals surface area contributed by atoms with Crippen molar-refractivity contribution in [3.05, 3.63) is 69.7 Å². The van der Waals surface area contributed by atoms with Gasteiger partial charge in [-0.25, -0.2) is 4.98 Å². The number of aromatic nitrogens is 2. The van der Waals surface area contributed by atoms with Gasteiger partial charge in [-0.05, 0) is 31.2 Å². The van der Waals surface area contributed by atoms with Gasteiger partial charge >= 0.3 is 0 Å². The lowest BCUT2D eigenvalue weighted by Gasteiger charge is -2.19. The summed E-state index contributed by atoms with van der Waals surface area (Å²) in [4.78, 5) is 18.0. The first-order chi connectivity index (χ1) is 12.0. The van der Waals surface area contributed by atoms with Crippen LogP contribution in [0.3, 0.4) is 0 Å². The van der Waals surface area contributed by atoms with Gasteiger partial charge < -0.3 is 5.32 Å². The largest absolute Gasteiger partial charge is 0.338 e. The van der Waals surface area contributed by atoms with Gasteiger partial charge in [-0.1, -0.05) is 49.7 Å². The fourth-order valence-corrected chi connectivity index (χ4v) is 3.12. The number of benzene rings is 2. The Balaban J connectivity index is 2.25. The minimum atomic E-state index is -0.0847. The van der Waals surface area contributed by atoms with Crippen molar-refractivity contribution in [1.29, 1.82) is 0 Å². The average molecular weight is 357 g/mol. The second-order valence-corrected chi connectivity index (χ2v) is 7.14. The van der Waals surface area contributed by atoms with E-state index >= 15 is 0 Å². The van der Waals surface area contributed by atoms with Gasteiger partial charge in [0.15, 0.2) is 5.82 Å². The summed E-state index contributed by atoms with van der Waals surface area (Å²) in [5.74, 6) is 1.28. The molecule has 0 radical (unpaired) electrons. The summed E-state index contributed by atoms with van der Waals surface area (Å²) < 4.78 is 1.66. The van der Waals surface area contributed by atoms with E-state index in [2.05, 4.69) is 26.1 Å². The highest BCUT2D eigenvalue weighted by molar-refractivity contribution is 6.32. The molecule has 1 atom stereocenters. The van der Waals surface area contributed by atoms with E-state index in [1.165, 1.54) is 0 Å². The van der Waals surface area contributed by atoms with Gasteiger partial charge in [0.05, 0.1) is 28.2 Å². The summed E-state index contributed by atoms with van der Waals surface area (Å²) in [7, 11) is 0. The Morgan fingerprint density at radius 1 is 1.08 bits per heavy atom. The Kier molecular flexibility index (Phi) is 5.21. The van der Waals surface area contributed by atoms with Crippen LogP contribution in [0, 0.1) is 5.92 Å². The average Bonchev–Trinajstić information content (AvgIpc) is 2.60. The molecule has 130 valence electrons. The van der Waals surface area contributed by atoms with Crippen LogP contribution in [0.25, 0.3) is 16.6 Å². The van der Waals surface area contributed by atoms with Crippen LogP contribution in [0.2, 0.25) is 5.02 Å². The monoisotopic (exact) mass is 356 g/mol. The number of hydrogen-bond acceptors (Lipinski definition) is 2. The Morgan fingerprint density at radius 2 is 1.76 bits per heavy atom. The highest BCUT2D eigenvalue weighted by atomic mass is 35.5. The predicted octanol–water partition coefficient (Wildman–Crippen LogP) is 3.32. The van der Waals surface area contributed by atoms with Crippen molar-refractivity contribution in [3.8, 4) is 5.69 Å². The summed E-state index contributed by atoms with van der Waals surface area (Å²) in [6.07, 6.45) is 0. The number of hydrogen-bond donors (Lipinski definition) is 1. The fourth-order valence-electron chi connectivity index (χ4n) is 2.90. The van der Waals surface area contributed by atoms with Crippen molar-refractivity contribution >= 4 is 22.5 Å². The van der Waals surface area contributed by atoms with Gasteiger partial charge in [-0.2, -0.15) is 0 Å². The first kappa shape index (κ1) is 17.6. The molecule has 0 bridgehead atoms. The van der Waals surface area contributed by atoms with Crippen LogP contribution in [-0.4, -0.2) is 16.1 Å². The molecular formula is C20H23ClN3O+. The zero-order valence-electron chi connectivity index (χ0n) is 14.7. The Bertz CT molecular complexity index is 949. The smallest absolute Gasteiger partial charge is 0.266 e. The molecule has 0 saturated heterocycles. The van der Waals surface area contributed by atoms with Crippen molar-refractivity contribution in [3.63, 3.8) is 0 Å². The maximum absolute atomic E-state index is 13.2. The van der Waals surface area contributed by atoms with Crippen LogP contribution in [0.15, 0.2) is 53.3 Å². The summed E-state index contributed by atoms with van der Waals surface area (Å²) in [5.41, 5.74) is 1.31. The maximum Gasteiger partial charge on any atom is 0.266 e. The molecule has 2 aromatic carbocycles. The van der Waals surface area contributed by atoms with Gasteiger partial charge in [-0.15, -0.1) is 0 Å². The third-order valence-corrected chi connectivity index (χ3v) is 4.58. The summed E-state index contributed by atoms with van der Waals surface area (Å²) >= 11 is 6.39. The van der Waals surface area contributed by atoms with Crippen LogP contribution >= 0.6 is 11.6 Å². The molecule has 0 aliphatic carbocycles. The lowest BCUT2D eigenvalue weighted by Crippen LogP contribution is -2.86. The minimum absolute atomic E-state index is 0.0379. The number of quaternary nitrogens is 1. The number of nitrogens with zero attached hydrogens (tertiary/aromatic N) is 2. The highest BCUT2D eigenvalue weighted by Gasteiger charge is 2.21. The lowest BCUT2D eigenvalue weighted by atomic mass is 10.1. The van der Waals surface area contributed by atoms with Crippen molar-refractivity contribution in [2.24, 2.45) is 5.92 Å². The van der Waals surface area contributed by atoms with Crippen LogP contribution in [0.4, 0.5) is 0 Å². The molecule has 3 rings (SSSR count). The van der Waals surface area contributed by atoms with Crippen molar-refractivity contribution in [2.45, 2.75) is 26.8 Å². The molecule has 3 aromatic rings. The second kappa shape index (κ2) is 7.38. The number of nitrogens with two attached hydrogens (primary N) is 1. The predicted molar refractivity (Wildman–Crippen MR) is 102 cm³/mol. The SMILES string of the molecule is CC(C)C[NH2+][C@@H](C)c1nc2ccccc2c(=O)n1-c1ccccc1Cl. The Morgan fingerprint density at radius 3 is 2.48 bits per heavy atom. The fraction of sp³-hybridized carbons (Fsp3) is 0.300. The van der Waals surface area contributed by atoms with Crippen molar-refractivity contribution in [1.82, 2.24) is 9.55 Å². The van der Waals surface area contributed by atoms with E-state index in [9.17, 15) is 4.79 Å². The standard InChI is InChI=1S/C20H22ClN3O/c1-13(2)12-22-14(3)19-23-17-10-6-4-8-15(17)20(25)24(19)18-11-7-5-9-16(18)21/h4-11,13-14,22H,12H2,1-3H3/p+1/t14-/m0/s1. The minimum Gasteiger partial charge on any atom is -0.338 e. The van der Waals surface area contributed by atoms with E-state index < -0.39 is 0 Å². The third-order valence-electron chi connectivity index (χ3n) is 4.26. The molecular weight excluding hydrogens is 334 g/mol. The zero-order chi connectivity index (χ0) is 18.0. The molecule has 1 aromatic heterocycles. The van der Waals surface area contributed by atoms with Crippen molar-refractivity contribution < 1.29 is 5.32 Å². The van der Waals surface area contributed by atoms with Crippen LogP contribution in [-0.2, 0) is 0 Å². The molecule has 0 saturated carbocycles. The molecule has 1 heterocycles. The normalized spacial score (nSPS) is 12.7. The molecule has 4 nitrogen and oxygen atoms in total. The van der Waals surface area contributed by atoms with Gasteiger partial charge in [0, 0.05) is 5.92 Å². The van der Waals surface area contributed by atoms with E-state index in [-0.39, 0.29) is 11.6 Å². The van der Waals surface area contributed by atoms with Gasteiger partial charge in [-0.3, -0.25) is 9.36 Å². The van der Waals surface area contributed by atoms with Gasteiger partial charge in [0.2, 0.25) is 0 Å². The van der Waals surface area contributed by atoms with E-state index in [1.54, 1.807) is 10.6 Å². The van der Waals surface area contributed by atoms with Crippen LogP contribution < -0.4 is 10.9 Å². The number of halogens is 1. The molecule has 0 amide bonds. The summed E-state index contributed by atoms with van der Waals surface area (Å²) in [5, 5.41) is 3.36. The second-order valence-electron chi connectivity index (χ2n) is 6.73. The first-order valence-electron chi connectivity index (χ1n) is 8.59. The van der Waals surface area contributed by atoms with E-state index in [0.717, 1.165) is 17.9 Å². The lowest BCUT2D eigenvalue weighted by molar-refractivity contribution is -0.698. The zero-order valence-corrected chi connectivity index (χ0v) is 15.5. The topological polar surface area (TPSA) is 51.5 Å². The third kappa shape index (κ3) is 3.60. The molecule has 0 fully saturated rings. The molecule has 2 N–H and O–H groups in total. The molecule has 0 aliphatic rings. The number of fused-ring (bicyclic) bond motifs is 1. The summed E-state index contributed by atoms with van der Waals surface area (Å²) in [6, 6.07) is 14.9. The maximum atomic E-state index is 13.2. The van der Waals surface area contributed by atoms with Crippen molar-refractivity contribution in [2.75, 3.05) is 6.54 Å². The Labute approximate surface area is 152 Å². The van der Waals surface area contributed by atoms with E-state index in [4.69, 9.17) is 16.6 Å². The number of para-hydroxylation sites is 2. The highest BCUT2D eigenvalue weighted by Crippen LogP contribution is 2.22. The molecule has 0 spiro atoms.